The molecule has 1 aliphatic rings. The van der Waals surface area contributed by atoms with Crippen LogP contribution >= 0.6 is 0 Å². The van der Waals surface area contributed by atoms with Crippen molar-refractivity contribution in [2.45, 2.75) is 58.1 Å². The van der Waals surface area contributed by atoms with Crippen molar-refractivity contribution in [3.05, 3.63) is 23.9 Å². The molecule has 1 fully saturated rings. The van der Waals surface area contributed by atoms with Crippen LogP contribution in [-0.4, -0.2) is 40.8 Å². The van der Waals surface area contributed by atoms with Crippen molar-refractivity contribution in [2.75, 3.05) is 13.2 Å². The molecule has 24 heavy (non-hydrogen) atoms. The van der Waals surface area contributed by atoms with Crippen LogP contribution < -0.4 is 4.74 Å². The van der Waals surface area contributed by atoms with Gasteiger partial charge in [0.15, 0.2) is 0 Å². The number of rotatable bonds is 4. The SMILES string of the molecule is CC(C)(C)OC(=O)N1CCCCC1CCOc1ncccc1C#N. The smallest absolute Gasteiger partial charge is 0.410 e. The molecular formula is C18H25N3O3. The second-order valence-electron chi connectivity index (χ2n) is 6.93. The molecule has 2 heterocycles. The van der Waals surface area contributed by atoms with E-state index in [0.717, 1.165) is 19.3 Å². The predicted octanol–water partition coefficient (Wildman–Crippen LogP) is 3.51. The monoisotopic (exact) mass is 331 g/mol. The maximum atomic E-state index is 12.4. The number of nitrogens with zero attached hydrogens (tertiary/aromatic N) is 3. The fourth-order valence-electron chi connectivity index (χ4n) is 2.74. The number of hydrogen-bond acceptors (Lipinski definition) is 5. The van der Waals surface area contributed by atoms with Gasteiger partial charge < -0.3 is 14.4 Å². The van der Waals surface area contributed by atoms with E-state index in [1.54, 1.807) is 18.3 Å². The van der Waals surface area contributed by atoms with E-state index in [4.69, 9.17) is 14.7 Å². The molecular weight excluding hydrogens is 306 g/mol. The van der Waals surface area contributed by atoms with Crippen LogP contribution in [0.2, 0.25) is 0 Å². The summed E-state index contributed by atoms with van der Waals surface area (Å²) < 4.78 is 11.1. The number of hydrogen-bond donors (Lipinski definition) is 0. The number of amides is 1. The molecule has 1 aliphatic heterocycles. The number of pyridine rings is 1. The van der Waals surface area contributed by atoms with Crippen LogP contribution in [0.15, 0.2) is 18.3 Å². The molecule has 0 radical (unpaired) electrons. The molecule has 130 valence electrons. The Morgan fingerprint density at radius 2 is 2.25 bits per heavy atom. The van der Waals surface area contributed by atoms with Gasteiger partial charge in [0.25, 0.3) is 0 Å². The third kappa shape index (κ3) is 5.12. The molecule has 0 saturated carbocycles. The van der Waals surface area contributed by atoms with E-state index >= 15 is 0 Å². The third-order valence-corrected chi connectivity index (χ3v) is 3.84. The number of likely N-dealkylation sites (tertiary alicyclic amines) is 1. The Bertz CT molecular complexity index is 604. The van der Waals surface area contributed by atoms with Crippen molar-refractivity contribution in [1.29, 1.82) is 5.26 Å². The van der Waals surface area contributed by atoms with Crippen molar-refractivity contribution >= 4 is 6.09 Å². The number of piperidine rings is 1. The van der Waals surface area contributed by atoms with E-state index in [1.807, 2.05) is 25.7 Å². The van der Waals surface area contributed by atoms with Gasteiger partial charge in [-0.1, -0.05) is 0 Å². The Morgan fingerprint density at radius 3 is 2.96 bits per heavy atom. The molecule has 1 aromatic rings. The van der Waals surface area contributed by atoms with Gasteiger partial charge in [-0.25, -0.2) is 9.78 Å². The van der Waals surface area contributed by atoms with Crippen LogP contribution in [0.25, 0.3) is 0 Å². The zero-order valence-corrected chi connectivity index (χ0v) is 14.6. The minimum atomic E-state index is -0.495. The first kappa shape index (κ1) is 18.1. The van der Waals surface area contributed by atoms with Crippen molar-refractivity contribution in [2.24, 2.45) is 0 Å². The summed E-state index contributed by atoms with van der Waals surface area (Å²) in [6, 6.07) is 5.55. The Labute approximate surface area is 143 Å². The normalized spacial score (nSPS) is 17.9. The summed E-state index contributed by atoms with van der Waals surface area (Å²) in [7, 11) is 0. The fourth-order valence-corrected chi connectivity index (χ4v) is 2.74. The lowest BCUT2D eigenvalue weighted by molar-refractivity contribution is 0.00737. The zero-order chi connectivity index (χ0) is 17.6. The summed E-state index contributed by atoms with van der Waals surface area (Å²) in [5.41, 5.74) is -0.0734. The van der Waals surface area contributed by atoms with Crippen LogP contribution in [0, 0.1) is 11.3 Å². The van der Waals surface area contributed by atoms with Crippen LogP contribution in [0.4, 0.5) is 4.79 Å². The van der Waals surface area contributed by atoms with Gasteiger partial charge in [-0.05, 0) is 52.2 Å². The zero-order valence-electron chi connectivity index (χ0n) is 14.6. The average molecular weight is 331 g/mol. The summed E-state index contributed by atoms with van der Waals surface area (Å²) in [6.45, 7) is 6.74. The largest absolute Gasteiger partial charge is 0.477 e. The van der Waals surface area contributed by atoms with Gasteiger partial charge in [0.1, 0.15) is 17.2 Å². The van der Waals surface area contributed by atoms with Gasteiger partial charge in [0.2, 0.25) is 5.88 Å². The highest BCUT2D eigenvalue weighted by Crippen LogP contribution is 2.23. The summed E-state index contributed by atoms with van der Waals surface area (Å²) in [5.74, 6) is 0.347. The molecule has 1 saturated heterocycles. The second-order valence-corrected chi connectivity index (χ2v) is 6.93. The van der Waals surface area contributed by atoms with E-state index < -0.39 is 5.60 Å². The molecule has 6 nitrogen and oxygen atoms in total. The molecule has 0 N–H and O–H groups in total. The van der Waals surface area contributed by atoms with Gasteiger partial charge in [-0.2, -0.15) is 5.26 Å². The lowest BCUT2D eigenvalue weighted by Gasteiger charge is -2.36. The van der Waals surface area contributed by atoms with Crippen LogP contribution in [0.5, 0.6) is 5.88 Å². The highest BCUT2D eigenvalue weighted by molar-refractivity contribution is 5.68. The lowest BCUT2D eigenvalue weighted by Crippen LogP contribution is -2.46. The maximum Gasteiger partial charge on any atom is 0.410 e. The standard InChI is InChI=1S/C18H25N3O3/c1-18(2,3)24-17(22)21-11-5-4-8-15(21)9-12-23-16-14(13-19)7-6-10-20-16/h6-7,10,15H,4-5,8-9,11-12H2,1-3H3. The van der Waals surface area contributed by atoms with Gasteiger partial charge in [-0.15, -0.1) is 0 Å². The Kier molecular flexibility index (Phi) is 6.02. The number of nitriles is 1. The fraction of sp³-hybridized carbons (Fsp3) is 0.611. The van der Waals surface area contributed by atoms with Crippen LogP contribution in [0.3, 0.4) is 0 Å². The molecule has 0 bridgehead atoms. The molecule has 0 aromatic carbocycles. The number of aromatic nitrogens is 1. The maximum absolute atomic E-state index is 12.4. The Morgan fingerprint density at radius 1 is 1.46 bits per heavy atom. The summed E-state index contributed by atoms with van der Waals surface area (Å²) in [4.78, 5) is 18.3. The first-order valence-corrected chi connectivity index (χ1v) is 8.38. The molecule has 1 aromatic heterocycles. The number of carbonyl (C=O) groups is 1. The molecule has 1 atom stereocenters. The predicted molar refractivity (Wildman–Crippen MR) is 89.6 cm³/mol. The highest BCUT2D eigenvalue weighted by Gasteiger charge is 2.30. The van der Waals surface area contributed by atoms with E-state index in [9.17, 15) is 4.79 Å². The van der Waals surface area contributed by atoms with E-state index in [2.05, 4.69) is 11.1 Å². The number of ether oxygens (including phenoxy) is 2. The minimum absolute atomic E-state index is 0.0999. The van der Waals surface area contributed by atoms with Gasteiger partial charge >= 0.3 is 6.09 Å². The van der Waals surface area contributed by atoms with Crippen LogP contribution in [-0.2, 0) is 4.74 Å². The first-order chi connectivity index (χ1) is 11.4. The molecule has 6 heteroatoms. The van der Waals surface area contributed by atoms with Crippen molar-refractivity contribution in [3.63, 3.8) is 0 Å². The van der Waals surface area contributed by atoms with Gasteiger partial charge in [-0.3, -0.25) is 0 Å². The molecule has 0 aliphatic carbocycles. The topological polar surface area (TPSA) is 75.4 Å². The van der Waals surface area contributed by atoms with E-state index in [-0.39, 0.29) is 12.1 Å². The van der Waals surface area contributed by atoms with E-state index in [1.165, 1.54) is 0 Å². The Hall–Kier alpha value is -2.29. The van der Waals surface area contributed by atoms with Gasteiger partial charge in [0, 0.05) is 25.2 Å². The minimum Gasteiger partial charge on any atom is -0.477 e. The molecule has 1 unspecified atom stereocenters. The van der Waals surface area contributed by atoms with Crippen molar-refractivity contribution in [3.8, 4) is 11.9 Å². The summed E-state index contributed by atoms with van der Waals surface area (Å²) in [6.07, 6.45) is 5.06. The highest BCUT2D eigenvalue weighted by atomic mass is 16.6. The summed E-state index contributed by atoms with van der Waals surface area (Å²) >= 11 is 0. The molecule has 0 spiro atoms. The quantitative estimate of drug-likeness (QED) is 0.844. The first-order valence-electron chi connectivity index (χ1n) is 8.38. The van der Waals surface area contributed by atoms with Crippen LogP contribution in [0.1, 0.15) is 52.0 Å². The summed E-state index contributed by atoms with van der Waals surface area (Å²) in [5, 5.41) is 9.05. The lowest BCUT2D eigenvalue weighted by atomic mass is 10.0. The van der Waals surface area contributed by atoms with Crippen molar-refractivity contribution < 1.29 is 14.3 Å². The number of carbonyl (C=O) groups excluding carboxylic acids is 1. The second kappa shape index (κ2) is 8.00. The third-order valence-electron chi connectivity index (χ3n) is 3.84. The molecule has 2 rings (SSSR count). The van der Waals surface area contributed by atoms with Gasteiger partial charge in [0.05, 0.1) is 6.61 Å². The Balaban J connectivity index is 1.92. The van der Waals surface area contributed by atoms with Crippen molar-refractivity contribution in [1.82, 2.24) is 9.88 Å². The average Bonchev–Trinajstić information content (AvgIpc) is 2.54. The van der Waals surface area contributed by atoms with E-state index in [0.29, 0.717) is 31.0 Å². The molecule has 1 amide bonds.